The summed E-state index contributed by atoms with van der Waals surface area (Å²) >= 11 is -1.74. The summed E-state index contributed by atoms with van der Waals surface area (Å²) in [4.78, 5) is 29.4. The number of carbonyl (C=O) groups is 1. The van der Waals surface area contributed by atoms with Gasteiger partial charge < -0.3 is 24.8 Å². The molecule has 220 valence electrons. The topological polar surface area (TPSA) is 132 Å². The second-order valence-electron chi connectivity index (χ2n) is 11.0. The number of rotatable bonds is 12. The number of likely N-dealkylation sites (N-methyl/N-ethyl adjacent to an activating group) is 1. The number of fused-ring (bicyclic) bond motifs is 1. The lowest BCUT2D eigenvalue weighted by molar-refractivity contribution is 0.112. The van der Waals surface area contributed by atoms with Gasteiger partial charge in [-0.1, -0.05) is 32.0 Å². The summed E-state index contributed by atoms with van der Waals surface area (Å²) in [6.45, 7) is 6.65. The first-order valence-electron chi connectivity index (χ1n) is 14.1. The summed E-state index contributed by atoms with van der Waals surface area (Å²) < 4.78 is 20.2. The molecule has 0 radical (unpaired) electrons. The minimum absolute atomic E-state index is 0.0193. The molecule has 4 aromatic rings. The molecule has 42 heavy (non-hydrogen) atoms. The standard InChI is InChI=1S/C31H36N6O4S/c1-20(2)23-7-8-27(37-17-21(18-37)11-14-42(40)41)25-16-33-30(15-24(23)25)34-29-9-12-32-31(35-29)36(3)13-10-22-5-4-6-28(39)26(22)19-38/h4-9,12,15-16,19-21,39H,10-11,13-14,17-18H2,1-3H3,(H,40,41)(H,32,33,34,35). The average Bonchev–Trinajstić information content (AvgIpc) is 2.94. The first kappa shape index (κ1) is 29.4. The highest BCUT2D eigenvalue weighted by atomic mass is 32.2. The number of benzene rings is 2. The molecule has 1 unspecified atom stereocenters. The van der Waals surface area contributed by atoms with Gasteiger partial charge in [0, 0.05) is 55.9 Å². The van der Waals surface area contributed by atoms with Crippen LogP contribution < -0.4 is 15.1 Å². The van der Waals surface area contributed by atoms with E-state index in [1.54, 1.807) is 18.3 Å². The van der Waals surface area contributed by atoms with Crippen molar-refractivity contribution in [1.82, 2.24) is 15.0 Å². The summed E-state index contributed by atoms with van der Waals surface area (Å²) in [5.41, 5.74) is 3.44. The molecule has 1 aliphatic rings. The third-order valence-corrected chi connectivity index (χ3v) is 8.37. The third kappa shape index (κ3) is 6.52. The Balaban J connectivity index is 1.32. The molecule has 2 aromatic heterocycles. The highest BCUT2D eigenvalue weighted by molar-refractivity contribution is 7.79. The minimum Gasteiger partial charge on any atom is -0.507 e. The Kier molecular flexibility index (Phi) is 8.98. The maximum Gasteiger partial charge on any atom is 0.227 e. The number of carbonyl (C=O) groups excluding carboxylic acids is 1. The number of aromatic hydroxyl groups is 1. The molecule has 0 spiro atoms. The zero-order chi connectivity index (χ0) is 29.8. The summed E-state index contributed by atoms with van der Waals surface area (Å²) in [5, 5.41) is 15.5. The summed E-state index contributed by atoms with van der Waals surface area (Å²) in [6.07, 6.45) is 5.57. The lowest BCUT2D eigenvalue weighted by Crippen LogP contribution is -2.47. The largest absolute Gasteiger partial charge is 0.507 e. The van der Waals surface area contributed by atoms with Gasteiger partial charge in [0.1, 0.15) is 17.4 Å². The minimum atomic E-state index is -1.74. The van der Waals surface area contributed by atoms with Crippen LogP contribution in [0.3, 0.4) is 0 Å². The molecule has 2 aromatic carbocycles. The Labute approximate surface area is 248 Å². The maximum absolute atomic E-state index is 11.4. The van der Waals surface area contributed by atoms with Crippen molar-refractivity contribution in [1.29, 1.82) is 0 Å². The van der Waals surface area contributed by atoms with E-state index in [0.717, 1.165) is 41.5 Å². The first-order valence-corrected chi connectivity index (χ1v) is 15.3. The SMILES string of the molecule is CC(C)c1ccc(N2CC(CCS(=O)O)C2)c2cnc(Nc3ccnc(N(C)CCc4cccc(O)c4C=O)n3)cc12. The van der Waals surface area contributed by atoms with Crippen molar-refractivity contribution < 1.29 is 18.7 Å². The van der Waals surface area contributed by atoms with E-state index < -0.39 is 11.1 Å². The molecular weight excluding hydrogens is 552 g/mol. The lowest BCUT2D eigenvalue weighted by Gasteiger charge is -2.41. The molecule has 1 fully saturated rings. The van der Waals surface area contributed by atoms with E-state index in [1.165, 1.54) is 11.6 Å². The molecule has 1 aliphatic heterocycles. The summed E-state index contributed by atoms with van der Waals surface area (Å²) in [7, 11) is 1.89. The van der Waals surface area contributed by atoms with E-state index >= 15 is 0 Å². The molecule has 5 rings (SSSR count). The number of nitrogens with zero attached hydrogens (tertiary/aromatic N) is 5. The third-order valence-electron chi connectivity index (χ3n) is 7.78. The van der Waals surface area contributed by atoms with Gasteiger partial charge in [0.2, 0.25) is 5.95 Å². The van der Waals surface area contributed by atoms with Crippen molar-refractivity contribution in [3.05, 3.63) is 71.5 Å². The normalized spacial score (nSPS) is 14.2. The number of hydrogen-bond acceptors (Lipinski definition) is 9. The van der Waals surface area contributed by atoms with Crippen LogP contribution in [0.15, 0.2) is 54.9 Å². The number of hydrogen-bond donors (Lipinski definition) is 3. The molecule has 11 heteroatoms. The molecule has 0 bridgehead atoms. The van der Waals surface area contributed by atoms with Crippen molar-refractivity contribution >= 4 is 51.4 Å². The van der Waals surface area contributed by atoms with E-state index in [0.29, 0.717) is 60.0 Å². The Bertz CT molecular complexity index is 1610. The summed E-state index contributed by atoms with van der Waals surface area (Å²) in [5.74, 6) is 2.86. The predicted molar refractivity (Wildman–Crippen MR) is 168 cm³/mol. The van der Waals surface area contributed by atoms with Gasteiger partial charge in [-0.2, -0.15) is 4.98 Å². The molecule has 1 saturated heterocycles. The van der Waals surface area contributed by atoms with E-state index in [9.17, 15) is 14.1 Å². The van der Waals surface area contributed by atoms with Crippen LogP contribution in [0.1, 0.15) is 47.7 Å². The van der Waals surface area contributed by atoms with Gasteiger partial charge in [-0.05, 0) is 65.5 Å². The zero-order valence-electron chi connectivity index (χ0n) is 24.0. The number of phenols is 1. The van der Waals surface area contributed by atoms with Gasteiger partial charge in [-0.25, -0.2) is 14.2 Å². The first-order chi connectivity index (χ1) is 20.2. The number of aldehydes is 1. The number of nitrogens with one attached hydrogen (secondary N) is 1. The van der Waals surface area contributed by atoms with E-state index in [4.69, 9.17) is 9.54 Å². The van der Waals surface area contributed by atoms with Crippen molar-refractivity contribution in [3.8, 4) is 5.75 Å². The lowest BCUT2D eigenvalue weighted by atomic mass is 9.92. The Morgan fingerprint density at radius 2 is 1.95 bits per heavy atom. The van der Waals surface area contributed by atoms with Crippen LogP contribution in [0.25, 0.3) is 10.8 Å². The number of anilines is 4. The zero-order valence-corrected chi connectivity index (χ0v) is 24.8. The van der Waals surface area contributed by atoms with Gasteiger partial charge >= 0.3 is 0 Å². The smallest absolute Gasteiger partial charge is 0.227 e. The fourth-order valence-electron chi connectivity index (χ4n) is 5.39. The highest BCUT2D eigenvalue weighted by Crippen LogP contribution is 2.37. The van der Waals surface area contributed by atoms with Crippen molar-refractivity contribution in [3.63, 3.8) is 0 Å². The second kappa shape index (κ2) is 12.8. The molecule has 3 heterocycles. The number of aromatic nitrogens is 3. The van der Waals surface area contributed by atoms with Crippen LogP contribution >= 0.6 is 0 Å². The second-order valence-corrected chi connectivity index (χ2v) is 12.1. The molecular formula is C31H36N6O4S. The maximum atomic E-state index is 11.4. The number of phenolic OH excluding ortho intramolecular Hbond substituents is 1. The average molecular weight is 589 g/mol. The van der Waals surface area contributed by atoms with Gasteiger partial charge in [-0.3, -0.25) is 4.79 Å². The summed E-state index contributed by atoms with van der Waals surface area (Å²) in [6, 6.07) is 13.3. The molecule has 0 amide bonds. The van der Waals surface area contributed by atoms with Crippen LogP contribution in [-0.4, -0.2) is 67.5 Å². The molecule has 0 aliphatic carbocycles. The van der Waals surface area contributed by atoms with E-state index in [-0.39, 0.29) is 5.75 Å². The monoisotopic (exact) mass is 588 g/mol. The van der Waals surface area contributed by atoms with Crippen LogP contribution in [0.4, 0.5) is 23.3 Å². The fraction of sp³-hybridized carbons (Fsp3) is 0.355. The van der Waals surface area contributed by atoms with Crippen molar-refractivity contribution in [2.75, 3.05) is 47.6 Å². The van der Waals surface area contributed by atoms with Gasteiger partial charge in [-0.15, -0.1) is 0 Å². The van der Waals surface area contributed by atoms with E-state index in [1.807, 2.05) is 24.2 Å². The molecule has 0 saturated carbocycles. The fourth-order valence-corrected chi connectivity index (χ4v) is 5.92. The highest BCUT2D eigenvalue weighted by Gasteiger charge is 2.28. The molecule has 1 atom stereocenters. The molecule has 3 N–H and O–H groups in total. The predicted octanol–water partition coefficient (Wildman–Crippen LogP) is 5.14. The van der Waals surface area contributed by atoms with Crippen LogP contribution in [0.2, 0.25) is 0 Å². The van der Waals surface area contributed by atoms with Crippen LogP contribution in [-0.2, 0) is 17.5 Å². The molecule has 10 nitrogen and oxygen atoms in total. The van der Waals surface area contributed by atoms with Crippen LogP contribution in [0.5, 0.6) is 5.75 Å². The van der Waals surface area contributed by atoms with Crippen molar-refractivity contribution in [2.24, 2.45) is 5.92 Å². The van der Waals surface area contributed by atoms with E-state index in [2.05, 4.69) is 52.2 Å². The van der Waals surface area contributed by atoms with Crippen LogP contribution in [0, 0.1) is 5.92 Å². The Morgan fingerprint density at radius 3 is 2.69 bits per heavy atom. The van der Waals surface area contributed by atoms with Gasteiger partial charge in [0.05, 0.1) is 5.56 Å². The Morgan fingerprint density at radius 1 is 1.14 bits per heavy atom. The number of pyridine rings is 1. The van der Waals surface area contributed by atoms with Crippen molar-refractivity contribution in [2.45, 2.75) is 32.6 Å². The Hall–Kier alpha value is -4.09. The quantitative estimate of drug-likeness (QED) is 0.151. The van der Waals surface area contributed by atoms with Gasteiger partial charge in [0.25, 0.3) is 0 Å². The van der Waals surface area contributed by atoms with Gasteiger partial charge in [0.15, 0.2) is 17.4 Å².